The Hall–Kier alpha value is -3.34. The molecule has 27 heavy (non-hydrogen) atoms. The summed E-state index contributed by atoms with van der Waals surface area (Å²) in [5, 5.41) is 11.0. The van der Waals surface area contributed by atoms with Crippen LogP contribution in [0.15, 0.2) is 60.7 Å². The molecule has 5 nitrogen and oxygen atoms in total. The molecule has 0 bridgehead atoms. The number of carbonyl (C=O) groups excluding carboxylic acids is 1. The van der Waals surface area contributed by atoms with Crippen LogP contribution in [0.3, 0.4) is 0 Å². The minimum absolute atomic E-state index is 0.301. The molecule has 0 aliphatic carbocycles. The first-order chi connectivity index (χ1) is 13.1. The zero-order valence-corrected chi connectivity index (χ0v) is 15.5. The van der Waals surface area contributed by atoms with E-state index in [-0.39, 0.29) is 5.91 Å². The van der Waals surface area contributed by atoms with Crippen molar-refractivity contribution < 1.29 is 19.7 Å². The van der Waals surface area contributed by atoms with Gasteiger partial charge in [-0.3, -0.25) is 5.41 Å². The highest BCUT2D eigenvalue weighted by Crippen LogP contribution is 2.28. The number of nitrogens with one attached hydrogen (secondary N) is 1. The van der Waals surface area contributed by atoms with Gasteiger partial charge in [0.1, 0.15) is 0 Å². The number of fused-ring (bicyclic) bond motifs is 1. The van der Waals surface area contributed by atoms with Crippen LogP contribution in [0.5, 0.6) is 11.5 Å². The topological polar surface area (TPSA) is 73.2 Å². The van der Waals surface area contributed by atoms with Gasteiger partial charge in [0.2, 0.25) is 0 Å². The number of hydrogen-bond acceptors (Lipinski definition) is 3. The molecule has 0 aliphatic rings. The first-order valence-electron chi connectivity index (χ1n) is 8.95. The monoisotopic (exact) mass is 363 g/mol. The average Bonchev–Trinajstić information content (AvgIpc) is 2.69. The van der Waals surface area contributed by atoms with E-state index in [1.54, 1.807) is 18.2 Å². The Balaban J connectivity index is 1.84. The Morgan fingerprint density at radius 1 is 0.926 bits per heavy atom. The van der Waals surface area contributed by atoms with Gasteiger partial charge in [0, 0.05) is 0 Å². The van der Waals surface area contributed by atoms with Gasteiger partial charge in [-0.2, -0.15) is 0 Å². The smallest absolute Gasteiger partial charge is 0.339 e. The molecule has 138 valence electrons. The number of ether oxygens (including phenoxy) is 2. The minimum Gasteiger partial charge on any atom is -0.490 e. The summed E-state index contributed by atoms with van der Waals surface area (Å²) in [6.45, 7) is 4.79. The first-order valence-corrected chi connectivity index (χ1v) is 8.95. The van der Waals surface area contributed by atoms with Gasteiger partial charge < -0.3 is 9.47 Å². The highest BCUT2D eigenvalue weighted by Gasteiger charge is 2.19. The Labute approximate surface area is 158 Å². The molecule has 0 saturated heterocycles. The van der Waals surface area contributed by atoms with Crippen LogP contribution in [0.1, 0.15) is 29.8 Å². The van der Waals surface area contributed by atoms with Crippen LogP contribution in [0.25, 0.3) is 10.8 Å². The van der Waals surface area contributed by atoms with E-state index in [1.165, 1.54) is 0 Å². The van der Waals surface area contributed by atoms with Crippen LogP contribution < -0.4 is 20.2 Å². The molecule has 0 heterocycles. The van der Waals surface area contributed by atoms with Crippen molar-refractivity contribution in [2.24, 2.45) is 0 Å². The fourth-order valence-corrected chi connectivity index (χ4v) is 2.91. The van der Waals surface area contributed by atoms with E-state index < -0.39 is 0 Å². The van der Waals surface area contributed by atoms with E-state index in [0.29, 0.717) is 36.1 Å². The van der Waals surface area contributed by atoms with Crippen molar-refractivity contribution in [3.8, 4) is 11.5 Å². The van der Waals surface area contributed by atoms with Gasteiger partial charge in [-0.25, -0.2) is 10.1 Å². The summed E-state index contributed by atoms with van der Waals surface area (Å²) in [5.74, 6) is 1.16. The minimum atomic E-state index is -0.301. The molecule has 0 radical (unpaired) electrons. The number of hydrogen-bond donors (Lipinski definition) is 2. The van der Waals surface area contributed by atoms with E-state index in [0.717, 1.165) is 16.3 Å². The molecule has 3 N–H and O–H groups in total. The van der Waals surface area contributed by atoms with Crippen LogP contribution in [0, 0.1) is 0 Å². The van der Waals surface area contributed by atoms with Gasteiger partial charge in [0.25, 0.3) is 5.84 Å². The first kappa shape index (κ1) is 18.5. The number of amides is 1. The summed E-state index contributed by atoms with van der Waals surface area (Å²) in [6, 6.07) is 18.8. The lowest BCUT2D eigenvalue weighted by Gasteiger charge is -2.11. The molecule has 0 atom stereocenters. The summed E-state index contributed by atoms with van der Waals surface area (Å²) in [5.41, 5.74) is 1.24. The fraction of sp³-hybridized carbons (Fsp3) is 0.182. The largest absolute Gasteiger partial charge is 0.490 e. The molecule has 3 aromatic carbocycles. The molecule has 1 amide bonds. The highest BCUT2D eigenvalue weighted by molar-refractivity contribution is 6.15. The lowest BCUT2D eigenvalue weighted by Crippen LogP contribution is -2.51. The summed E-state index contributed by atoms with van der Waals surface area (Å²) in [4.78, 5) is 12.7. The van der Waals surface area contributed by atoms with Crippen LogP contribution in [0.2, 0.25) is 0 Å². The third kappa shape index (κ3) is 4.08. The summed E-state index contributed by atoms with van der Waals surface area (Å²) >= 11 is 0. The van der Waals surface area contributed by atoms with Crippen molar-refractivity contribution in [2.75, 3.05) is 13.2 Å². The standard InChI is InChI=1S/C22H22N2O3/c1-3-26-19-13-12-16(14-20(19)27-4-2)22(25)24-21(23)18-11-7-9-15-8-5-6-10-17(15)18/h5-14H,3-4H2,1-2H3,(H2,23,24,25)/p+1. The molecule has 0 aromatic heterocycles. The summed E-state index contributed by atoms with van der Waals surface area (Å²) in [6.07, 6.45) is 0. The van der Waals surface area contributed by atoms with Gasteiger partial charge in [0.15, 0.2) is 11.5 Å². The van der Waals surface area contributed by atoms with E-state index in [1.807, 2.05) is 56.3 Å². The van der Waals surface area contributed by atoms with Crippen molar-refractivity contribution in [1.82, 2.24) is 5.32 Å². The lowest BCUT2D eigenvalue weighted by molar-refractivity contribution is -0.116. The van der Waals surface area contributed by atoms with Gasteiger partial charge in [-0.15, -0.1) is 0 Å². The normalized spacial score (nSPS) is 10.4. The van der Waals surface area contributed by atoms with Crippen LogP contribution in [0.4, 0.5) is 0 Å². The molecule has 0 aliphatic heterocycles. The molecular weight excluding hydrogens is 340 g/mol. The third-order valence-electron chi connectivity index (χ3n) is 4.13. The Morgan fingerprint density at radius 2 is 1.63 bits per heavy atom. The average molecular weight is 363 g/mol. The second kappa shape index (κ2) is 8.36. The summed E-state index contributed by atoms with van der Waals surface area (Å²) < 4.78 is 11.1. The summed E-state index contributed by atoms with van der Waals surface area (Å²) in [7, 11) is 0. The Morgan fingerprint density at radius 3 is 2.41 bits per heavy atom. The van der Waals surface area contributed by atoms with Crippen molar-refractivity contribution in [3.63, 3.8) is 0 Å². The zero-order chi connectivity index (χ0) is 19.2. The maximum absolute atomic E-state index is 12.7. The van der Waals surface area contributed by atoms with Crippen LogP contribution in [-0.4, -0.2) is 25.0 Å². The molecule has 0 fully saturated rings. The van der Waals surface area contributed by atoms with E-state index in [9.17, 15) is 4.79 Å². The Kier molecular flexibility index (Phi) is 5.71. The molecule has 3 aromatic rings. The van der Waals surface area contributed by atoms with Crippen molar-refractivity contribution >= 4 is 22.5 Å². The molecule has 0 saturated carbocycles. The van der Waals surface area contributed by atoms with Gasteiger partial charge in [-0.05, 0) is 48.9 Å². The van der Waals surface area contributed by atoms with E-state index in [4.69, 9.17) is 14.9 Å². The number of rotatable bonds is 6. The molecule has 0 unspecified atom stereocenters. The zero-order valence-electron chi connectivity index (χ0n) is 15.5. The second-order valence-corrected chi connectivity index (χ2v) is 5.92. The van der Waals surface area contributed by atoms with Gasteiger partial charge in [0.05, 0.1) is 24.3 Å². The van der Waals surface area contributed by atoms with Crippen molar-refractivity contribution in [1.29, 1.82) is 0 Å². The quantitative estimate of drug-likeness (QED) is 0.522. The van der Waals surface area contributed by atoms with Crippen molar-refractivity contribution in [3.05, 3.63) is 71.8 Å². The third-order valence-corrected chi connectivity index (χ3v) is 4.13. The van der Waals surface area contributed by atoms with Crippen molar-refractivity contribution in [2.45, 2.75) is 13.8 Å². The van der Waals surface area contributed by atoms with E-state index >= 15 is 0 Å². The lowest BCUT2D eigenvalue weighted by atomic mass is 10.0. The van der Waals surface area contributed by atoms with Crippen LogP contribution in [-0.2, 0) is 0 Å². The van der Waals surface area contributed by atoms with Gasteiger partial charge >= 0.3 is 5.91 Å². The number of nitrogens with two attached hydrogens (primary N) is 1. The molecule has 0 spiro atoms. The number of carbonyl (C=O) groups is 1. The highest BCUT2D eigenvalue weighted by atomic mass is 16.5. The second-order valence-electron chi connectivity index (χ2n) is 5.92. The molecule has 5 heteroatoms. The SMILES string of the molecule is CCOc1ccc(C(=O)NC(=[NH2+])c2cccc3ccccc23)cc1OCC. The maximum atomic E-state index is 12.7. The van der Waals surface area contributed by atoms with E-state index in [2.05, 4.69) is 5.32 Å². The predicted molar refractivity (Wildman–Crippen MR) is 106 cm³/mol. The maximum Gasteiger partial charge on any atom is 0.339 e. The molecule has 3 rings (SSSR count). The fourth-order valence-electron chi connectivity index (χ4n) is 2.91. The number of benzene rings is 3. The van der Waals surface area contributed by atoms with Gasteiger partial charge in [-0.1, -0.05) is 36.4 Å². The van der Waals surface area contributed by atoms with Crippen LogP contribution >= 0.6 is 0 Å². The molecular formula is C22H23N2O3+. The Bertz CT molecular complexity index is 977. The number of amidine groups is 1. The predicted octanol–water partition coefficient (Wildman–Crippen LogP) is 2.57.